The molecule has 3 aromatic rings. The van der Waals surface area contributed by atoms with Gasteiger partial charge in [0.25, 0.3) is 5.69 Å². The number of carbonyl (C=O) groups is 3. The van der Waals surface area contributed by atoms with Gasteiger partial charge in [-0.2, -0.15) is 0 Å². The van der Waals surface area contributed by atoms with Gasteiger partial charge < -0.3 is 34.6 Å². The number of benzene rings is 2. The van der Waals surface area contributed by atoms with Crippen molar-refractivity contribution in [2.75, 3.05) is 26.7 Å². The number of methoxy groups -OCH3 is 1. The fraction of sp³-hybridized carbons (Fsp3) is 0.407. The van der Waals surface area contributed by atoms with Crippen LogP contribution in [-0.2, 0) is 27.3 Å². The molecule has 0 atom stereocenters. The van der Waals surface area contributed by atoms with E-state index >= 15 is 0 Å². The van der Waals surface area contributed by atoms with Gasteiger partial charge in [0.05, 0.1) is 39.9 Å². The topological polar surface area (TPSA) is 206 Å². The molecule has 1 aliphatic heterocycles. The van der Waals surface area contributed by atoms with Crippen LogP contribution in [-0.4, -0.2) is 90.0 Å². The predicted molar refractivity (Wildman–Crippen MR) is 145 cm³/mol. The number of rotatable bonds is 12. The Bertz CT molecular complexity index is 1490. The number of nitro benzene ring substituents is 1. The highest BCUT2D eigenvalue weighted by molar-refractivity contribution is 5.88. The van der Waals surface area contributed by atoms with Crippen molar-refractivity contribution in [3.8, 4) is 5.75 Å². The lowest BCUT2D eigenvalue weighted by molar-refractivity contribution is -0.384. The highest BCUT2D eigenvalue weighted by Crippen LogP contribution is 2.24. The molecule has 1 saturated heterocycles. The second-order valence-electron chi connectivity index (χ2n) is 9.56. The number of likely N-dealkylation sites (tertiary alicyclic amines) is 1. The number of aliphatic carboxylic acids is 3. The lowest BCUT2D eigenvalue weighted by atomic mass is 9.96. The summed E-state index contributed by atoms with van der Waals surface area (Å²) in [4.78, 5) is 48.4. The quantitative estimate of drug-likeness (QED) is 0.181. The van der Waals surface area contributed by atoms with Crippen LogP contribution < -0.4 is 4.74 Å². The zero-order valence-corrected chi connectivity index (χ0v) is 21.9. The van der Waals surface area contributed by atoms with Crippen molar-refractivity contribution in [2.24, 2.45) is 0 Å². The third-order valence-corrected chi connectivity index (χ3v) is 6.55. The summed E-state index contributed by atoms with van der Waals surface area (Å²) in [7, 11) is -2.49. The van der Waals surface area contributed by atoms with Crippen LogP contribution in [0.1, 0.15) is 41.2 Å². The minimum Gasteiger partial charge on any atom is -0.497 e. The average Bonchev–Trinajstić information content (AvgIpc) is 3.54. The van der Waals surface area contributed by atoms with Crippen LogP contribution in [0.25, 0.3) is 11.0 Å². The van der Waals surface area contributed by atoms with Crippen LogP contribution in [0.15, 0.2) is 42.5 Å². The molecule has 0 unspecified atom stereocenters. The number of fused-ring (bicyclic) bond motifs is 1. The highest BCUT2D eigenvalue weighted by Gasteiger charge is 2.40. The van der Waals surface area contributed by atoms with Crippen molar-refractivity contribution < 1.29 is 48.6 Å². The van der Waals surface area contributed by atoms with Gasteiger partial charge in [0.15, 0.2) is 5.60 Å². The van der Waals surface area contributed by atoms with Gasteiger partial charge in [0.2, 0.25) is 0 Å². The van der Waals surface area contributed by atoms with Crippen LogP contribution >= 0.6 is 0 Å². The third-order valence-electron chi connectivity index (χ3n) is 6.55. The first-order valence-electron chi connectivity index (χ1n) is 14.1. The Morgan fingerprint density at radius 3 is 2.22 bits per heavy atom. The number of carboxylic acid groups (broad SMARTS) is 3. The molecule has 0 amide bonds. The van der Waals surface area contributed by atoms with Gasteiger partial charge >= 0.3 is 17.9 Å². The molecular formula is C27H32N4O10. The van der Waals surface area contributed by atoms with Gasteiger partial charge in [-0.15, -0.1) is 0 Å². The Kier molecular flexibility index (Phi) is 8.89. The third kappa shape index (κ3) is 8.46. The Morgan fingerprint density at radius 1 is 1.05 bits per heavy atom. The molecule has 1 aromatic heterocycles. The van der Waals surface area contributed by atoms with Gasteiger partial charge in [-0.25, -0.2) is 9.78 Å². The van der Waals surface area contributed by atoms with Crippen molar-refractivity contribution in [3.05, 3.63) is 64.0 Å². The molecule has 1 aliphatic rings. The van der Waals surface area contributed by atoms with Crippen LogP contribution in [0.5, 0.6) is 5.75 Å². The largest absolute Gasteiger partial charge is 0.497 e. The Morgan fingerprint density at radius 2 is 1.68 bits per heavy atom. The molecule has 4 rings (SSSR count). The Balaban J connectivity index is 0.000000345. The number of imidazole rings is 1. The summed E-state index contributed by atoms with van der Waals surface area (Å²) in [5.41, 5.74) is -0.285. The van der Waals surface area contributed by atoms with Crippen molar-refractivity contribution >= 4 is 34.6 Å². The molecule has 1 fully saturated rings. The molecule has 2 aromatic carbocycles. The number of nitro groups is 1. The summed E-state index contributed by atoms with van der Waals surface area (Å²) < 4.78 is 28.7. The minimum atomic E-state index is -2.74. The van der Waals surface area contributed by atoms with Crippen LogP contribution in [0.3, 0.4) is 0 Å². The number of aliphatic hydroxyl groups is 1. The maximum atomic E-state index is 11.2. The Labute approximate surface area is 238 Å². The minimum absolute atomic E-state index is 0.0226. The summed E-state index contributed by atoms with van der Waals surface area (Å²) in [6.07, 6.45) is 0.669. The molecule has 14 heteroatoms. The van der Waals surface area contributed by atoms with E-state index in [0.717, 1.165) is 43.1 Å². The summed E-state index contributed by atoms with van der Waals surface area (Å²) >= 11 is 0. The molecule has 0 bridgehead atoms. The lowest BCUT2D eigenvalue weighted by Gasteiger charge is -2.18. The standard InChI is InChI=1S/C21H24N4O3.C6H8O7/c1-28-18-7-4-16(5-8-18)14-21-22-19-15-17(25(26)27)6-9-20(19)24(21)13-12-23-10-2-3-11-23;7-3(8)1-6(13,5(11)12)2-4(9)10/h4-9,15H,2-3,10-14H2,1H3;13H,1-2H2,(H,7,8)(H,9,10)(H,11,12)/i1D3;. The highest BCUT2D eigenvalue weighted by atomic mass is 16.6. The van der Waals surface area contributed by atoms with E-state index < -0.39 is 48.3 Å². The van der Waals surface area contributed by atoms with Gasteiger partial charge in [0.1, 0.15) is 11.6 Å². The number of hydrogen-bond donors (Lipinski definition) is 4. The smallest absolute Gasteiger partial charge is 0.336 e. The fourth-order valence-electron chi connectivity index (χ4n) is 4.49. The summed E-state index contributed by atoms with van der Waals surface area (Å²) in [5.74, 6) is -3.92. The van der Waals surface area contributed by atoms with E-state index in [2.05, 4.69) is 9.47 Å². The van der Waals surface area contributed by atoms with E-state index in [4.69, 9.17) is 34.3 Å². The molecule has 41 heavy (non-hydrogen) atoms. The van der Waals surface area contributed by atoms with Crippen LogP contribution in [0.4, 0.5) is 5.69 Å². The molecule has 0 radical (unpaired) electrons. The first kappa shape index (κ1) is 26.7. The second kappa shape index (κ2) is 13.7. The summed E-state index contributed by atoms with van der Waals surface area (Å²) in [6.45, 7) is 3.85. The van der Waals surface area contributed by atoms with E-state index in [1.54, 1.807) is 18.2 Å². The molecule has 14 nitrogen and oxygen atoms in total. The number of non-ortho nitro benzene ring substituents is 1. The SMILES string of the molecule is O=C(O)CC(O)(CC(=O)O)C(=O)O.[2H]C([2H])([2H])Oc1ccc(Cc2nc3cc([N+](=O)[O-])ccc3n2CCN2CCCC2)cc1. The van der Waals surface area contributed by atoms with E-state index in [1.165, 1.54) is 25.0 Å². The van der Waals surface area contributed by atoms with Crippen molar-refractivity contribution in [1.82, 2.24) is 14.5 Å². The van der Waals surface area contributed by atoms with E-state index in [1.807, 2.05) is 12.1 Å². The molecule has 0 aliphatic carbocycles. The van der Waals surface area contributed by atoms with E-state index in [9.17, 15) is 24.5 Å². The molecule has 4 N–H and O–H groups in total. The van der Waals surface area contributed by atoms with Crippen LogP contribution in [0.2, 0.25) is 0 Å². The molecule has 2 heterocycles. The van der Waals surface area contributed by atoms with Crippen LogP contribution in [0, 0.1) is 10.1 Å². The van der Waals surface area contributed by atoms with E-state index in [0.29, 0.717) is 11.9 Å². The summed E-state index contributed by atoms with van der Waals surface area (Å²) in [5, 5.41) is 45.0. The normalized spacial score (nSPS) is 14.8. The Hall–Kier alpha value is -4.56. The number of ether oxygens (including phenoxy) is 1. The lowest BCUT2D eigenvalue weighted by Crippen LogP contribution is -2.42. The number of carboxylic acids is 3. The van der Waals surface area contributed by atoms with Gasteiger partial charge in [-0.3, -0.25) is 19.7 Å². The first-order valence-corrected chi connectivity index (χ1v) is 12.6. The van der Waals surface area contributed by atoms with Gasteiger partial charge in [0, 0.05) is 31.6 Å². The summed E-state index contributed by atoms with van der Waals surface area (Å²) in [6, 6.07) is 11.7. The first-order chi connectivity index (χ1) is 20.6. The number of aromatic nitrogens is 2. The van der Waals surface area contributed by atoms with Crippen molar-refractivity contribution in [1.29, 1.82) is 0 Å². The van der Waals surface area contributed by atoms with Gasteiger partial charge in [-0.05, 0) is 49.7 Å². The molecule has 0 saturated carbocycles. The number of nitrogens with zero attached hydrogens (tertiary/aromatic N) is 4. The van der Waals surface area contributed by atoms with Crippen molar-refractivity contribution in [2.45, 2.75) is 44.2 Å². The average molecular weight is 576 g/mol. The zero-order chi connectivity index (χ0) is 32.7. The molecular weight excluding hydrogens is 540 g/mol. The van der Waals surface area contributed by atoms with Crippen molar-refractivity contribution in [3.63, 3.8) is 0 Å². The number of hydrogen-bond acceptors (Lipinski definition) is 9. The zero-order valence-electron chi connectivity index (χ0n) is 24.9. The van der Waals surface area contributed by atoms with Gasteiger partial charge in [-0.1, -0.05) is 12.1 Å². The van der Waals surface area contributed by atoms with E-state index in [-0.39, 0.29) is 11.4 Å². The molecule has 0 spiro atoms. The molecule has 220 valence electrons. The maximum absolute atomic E-state index is 11.2. The fourth-order valence-corrected chi connectivity index (χ4v) is 4.49. The predicted octanol–water partition coefficient (Wildman–Crippen LogP) is 2.39. The monoisotopic (exact) mass is 575 g/mol. The maximum Gasteiger partial charge on any atom is 0.336 e. The second-order valence-corrected chi connectivity index (χ2v) is 9.56.